The number of hydrogen-bond acceptors (Lipinski definition) is 3. The fourth-order valence-electron chi connectivity index (χ4n) is 1.67. The van der Waals surface area contributed by atoms with Gasteiger partial charge in [0.05, 0.1) is 12.1 Å². The Balaban J connectivity index is 2.17. The molecule has 4 heteroatoms. The van der Waals surface area contributed by atoms with Crippen molar-refractivity contribution in [2.75, 3.05) is 5.73 Å². The van der Waals surface area contributed by atoms with Crippen LogP contribution in [0, 0.1) is 6.92 Å². The van der Waals surface area contributed by atoms with Crippen LogP contribution in [0.4, 0.5) is 5.69 Å². The van der Waals surface area contributed by atoms with E-state index >= 15 is 0 Å². The summed E-state index contributed by atoms with van der Waals surface area (Å²) in [5, 5.41) is 4.19. The number of carbonyl (C=O) groups excluding carboxylic acids is 1. The molecule has 0 aliphatic rings. The molecule has 17 heavy (non-hydrogen) atoms. The number of nitrogens with two attached hydrogens (primary N) is 1. The van der Waals surface area contributed by atoms with Crippen molar-refractivity contribution in [1.29, 1.82) is 0 Å². The Morgan fingerprint density at radius 2 is 2.18 bits per heavy atom. The molecule has 0 spiro atoms. The van der Waals surface area contributed by atoms with Gasteiger partial charge in [-0.15, -0.1) is 0 Å². The van der Waals surface area contributed by atoms with E-state index in [1.54, 1.807) is 16.8 Å². The number of rotatable bonds is 3. The van der Waals surface area contributed by atoms with Gasteiger partial charge < -0.3 is 5.73 Å². The molecule has 88 valence electrons. The largest absolute Gasteiger partial charge is 0.399 e. The maximum atomic E-state index is 12.0. The minimum Gasteiger partial charge on any atom is -0.399 e. The molecule has 0 unspecified atom stereocenters. The molecule has 0 aliphatic heterocycles. The Kier molecular flexibility index (Phi) is 2.95. The molecule has 0 saturated carbocycles. The van der Waals surface area contributed by atoms with Crippen molar-refractivity contribution in [1.82, 2.24) is 9.78 Å². The molecule has 0 fully saturated rings. The number of Topliss-reactive ketones (excluding diaryl/α,β-unsaturated/α-hetero) is 1. The van der Waals surface area contributed by atoms with Gasteiger partial charge in [0.15, 0.2) is 5.78 Å². The summed E-state index contributed by atoms with van der Waals surface area (Å²) < 4.78 is 1.69. The highest BCUT2D eigenvalue weighted by atomic mass is 16.1. The lowest BCUT2D eigenvalue weighted by Gasteiger charge is -2.03. The summed E-state index contributed by atoms with van der Waals surface area (Å²) in [5.41, 5.74) is 8.82. The summed E-state index contributed by atoms with van der Waals surface area (Å²) in [6, 6.07) is 7.19. The zero-order chi connectivity index (χ0) is 12.4. The molecule has 0 atom stereocenters. The Morgan fingerprint density at radius 3 is 2.76 bits per heavy atom. The topological polar surface area (TPSA) is 60.9 Å². The predicted molar refractivity (Wildman–Crippen MR) is 66.8 cm³/mol. The van der Waals surface area contributed by atoms with Gasteiger partial charge in [-0.1, -0.05) is 0 Å². The third kappa shape index (κ3) is 2.53. The number of anilines is 1. The maximum absolute atomic E-state index is 12.0. The second-order valence-corrected chi connectivity index (χ2v) is 4.15. The van der Waals surface area contributed by atoms with E-state index in [1.165, 1.54) is 0 Å². The van der Waals surface area contributed by atoms with Crippen molar-refractivity contribution < 1.29 is 4.79 Å². The highest BCUT2D eigenvalue weighted by Gasteiger charge is 2.09. The SMILES string of the molecule is Cc1cc(C(=O)Cc2ccn(C)n2)ccc1N. The zero-order valence-corrected chi connectivity index (χ0v) is 9.97. The van der Waals surface area contributed by atoms with E-state index < -0.39 is 0 Å². The lowest BCUT2D eigenvalue weighted by Crippen LogP contribution is -2.05. The van der Waals surface area contributed by atoms with Crippen molar-refractivity contribution >= 4 is 11.5 Å². The zero-order valence-electron chi connectivity index (χ0n) is 9.97. The summed E-state index contributed by atoms with van der Waals surface area (Å²) in [6.45, 7) is 1.90. The summed E-state index contributed by atoms with van der Waals surface area (Å²) in [5.74, 6) is 0.0619. The van der Waals surface area contributed by atoms with E-state index in [0.717, 1.165) is 11.3 Å². The number of benzene rings is 1. The summed E-state index contributed by atoms with van der Waals surface area (Å²) in [4.78, 5) is 12.0. The van der Waals surface area contributed by atoms with E-state index in [9.17, 15) is 4.79 Å². The van der Waals surface area contributed by atoms with Crippen molar-refractivity contribution in [2.24, 2.45) is 7.05 Å². The van der Waals surface area contributed by atoms with Crippen LogP contribution >= 0.6 is 0 Å². The molecule has 0 saturated heterocycles. The Bertz CT molecular complexity index is 558. The Morgan fingerprint density at radius 1 is 1.41 bits per heavy atom. The van der Waals surface area contributed by atoms with Crippen LogP contribution in [0.1, 0.15) is 21.6 Å². The fraction of sp³-hybridized carbons (Fsp3) is 0.231. The number of ketones is 1. The first kappa shape index (κ1) is 11.4. The van der Waals surface area contributed by atoms with Crippen molar-refractivity contribution in [3.05, 3.63) is 47.3 Å². The number of nitrogen functional groups attached to an aromatic ring is 1. The summed E-state index contributed by atoms with van der Waals surface area (Å²) >= 11 is 0. The smallest absolute Gasteiger partial charge is 0.168 e. The van der Waals surface area contributed by atoms with Gasteiger partial charge in [-0.05, 0) is 36.8 Å². The van der Waals surface area contributed by atoms with Crippen molar-refractivity contribution in [3.8, 4) is 0 Å². The van der Waals surface area contributed by atoms with Gasteiger partial charge in [0.1, 0.15) is 0 Å². The highest BCUT2D eigenvalue weighted by molar-refractivity contribution is 5.97. The Labute approximate surface area is 100 Å². The van der Waals surface area contributed by atoms with Gasteiger partial charge in [-0.3, -0.25) is 9.48 Å². The molecule has 2 rings (SSSR count). The third-order valence-electron chi connectivity index (χ3n) is 2.70. The van der Waals surface area contributed by atoms with Crippen LogP contribution in [0.3, 0.4) is 0 Å². The molecule has 0 radical (unpaired) electrons. The predicted octanol–water partition coefficient (Wildman–Crippen LogP) is 1.74. The van der Waals surface area contributed by atoms with Gasteiger partial charge in [0.25, 0.3) is 0 Å². The Hall–Kier alpha value is -2.10. The van der Waals surface area contributed by atoms with Gasteiger partial charge >= 0.3 is 0 Å². The van der Waals surface area contributed by atoms with Gasteiger partial charge in [0, 0.05) is 24.5 Å². The first-order valence-electron chi connectivity index (χ1n) is 5.44. The van der Waals surface area contributed by atoms with Crippen LogP contribution in [0.2, 0.25) is 0 Å². The number of carbonyl (C=O) groups is 1. The van der Waals surface area contributed by atoms with Gasteiger partial charge in [-0.2, -0.15) is 5.10 Å². The molecular formula is C13H15N3O. The van der Waals surface area contributed by atoms with Crippen LogP contribution in [0.15, 0.2) is 30.5 Å². The third-order valence-corrected chi connectivity index (χ3v) is 2.70. The molecule has 0 amide bonds. The highest BCUT2D eigenvalue weighted by Crippen LogP contribution is 2.14. The van der Waals surface area contributed by atoms with Crippen LogP contribution in [0.25, 0.3) is 0 Å². The molecule has 1 aromatic carbocycles. The van der Waals surface area contributed by atoms with Crippen LogP contribution in [-0.2, 0) is 13.5 Å². The minimum atomic E-state index is 0.0619. The molecule has 1 heterocycles. The van der Waals surface area contributed by atoms with E-state index in [1.807, 2.05) is 32.3 Å². The first-order valence-corrected chi connectivity index (χ1v) is 5.44. The standard InChI is InChI=1S/C13H15N3O/c1-9-7-10(3-4-12(9)14)13(17)8-11-5-6-16(2)15-11/h3-7H,8,14H2,1-2H3. The number of aromatic nitrogens is 2. The van der Waals surface area contributed by atoms with Gasteiger partial charge in [0.2, 0.25) is 0 Å². The molecule has 2 N–H and O–H groups in total. The normalized spacial score (nSPS) is 10.5. The van der Waals surface area contributed by atoms with E-state index in [2.05, 4.69) is 5.10 Å². The molecule has 4 nitrogen and oxygen atoms in total. The van der Waals surface area contributed by atoms with Crippen LogP contribution in [0.5, 0.6) is 0 Å². The maximum Gasteiger partial charge on any atom is 0.168 e. The van der Waals surface area contributed by atoms with E-state index in [0.29, 0.717) is 17.7 Å². The molecule has 2 aromatic rings. The number of aryl methyl sites for hydroxylation is 2. The summed E-state index contributed by atoms with van der Waals surface area (Å²) in [6.07, 6.45) is 2.15. The average molecular weight is 229 g/mol. The lowest BCUT2D eigenvalue weighted by molar-refractivity contribution is 0.0992. The monoisotopic (exact) mass is 229 g/mol. The first-order chi connectivity index (χ1) is 8.06. The van der Waals surface area contributed by atoms with Crippen molar-refractivity contribution in [2.45, 2.75) is 13.3 Å². The molecule has 0 aliphatic carbocycles. The number of hydrogen-bond donors (Lipinski definition) is 1. The van der Waals surface area contributed by atoms with Crippen LogP contribution in [-0.4, -0.2) is 15.6 Å². The average Bonchev–Trinajstić information content (AvgIpc) is 2.68. The number of nitrogens with zero attached hydrogens (tertiary/aromatic N) is 2. The second-order valence-electron chi connectivity index (χ2n) is 4.15. The van der Waals surface area contributed by atoms with E-state index in [4.69, 9.17) is 5.73 Å². The van der Waals surface area contributed by atoms with Crippen molar-refractivity contribution in [3.63, 3.8) is 0 Å². The second kappa shape index (κ2) is 4.41. The lowest BCUT2D eigenvalue weighted by atomic mass is 10.0. The van der Waals surface area contributed by atoms with Gasteiger partial charge in [-0.25, -0.2) is 0 Å². The van der Waals surface area contributed by atoms with E-state index in [-0.39, 0.29) is 5.78 Å². The summed E-state index contributed by atoms with van der Waals surface area (Å²) in [7, 11) is 1.83. The molecular weight excluding hydrogens is 214 g/mol. The quantitative estimate of drug-likeness (QED) is 0.644. The minimum absolute atomic E-state index is 0.0619. The fourth-order valence-corrected chi connectivity index (χ4v) is 1.67. The molecule has 1 aromatic heterocycles. The molecule has 0 bridgehead atoms. The van der Waals surface area contributed by atoms with Crippen LogP contribution < -0.4 is 5.73 Å².